The molecule has 0 spiro atoms. The molecule has 1 unspecified atom stereocenters. The summed E-state index contributed by atoms with van der Waals surface area (Å²) in [7, 11) is 0. The maximum absolute atomic E-state index is 10.9. The van der Waals surface area contributed by atoms with Crippen LogP contribution >= 0.6 is 0 Å². The summed E-state index contributed by atoms with van der Waals surface area (Å²) in [4.78, 5) is 22.9. The van der Waals surface area contributed by atoms with Gasteiger partial charge in [0, 0.05) is 19.5 Å². The third kappa shape index (κ3) is 3.24. The number of hydrogen-bond donors (Lipinski definition) is 2. The molecule has 14 heavy (non-hydrogen) atoms. The maximum atomic E-state index is 10.9. The highest BCUT2D eigenvalue weighted by Gasteiger charge is 2.20. The number of aliphatic carboxylic acids is 1. The summed E-state index contributed by atoms with van der Waals surface area (Å²) in [6.45, 7) is 1.25. The molecule has 1 aliphatic heterocycles. The Hall–Kier alpha value is -1.26. The quantitative estimate of drug-likeness (QED) is 0.686. The van der Waals surface area contributed by atoms with Crippen LogP contribution in [0.1, 0.15) is 25.7 Å². The van der Waals surface area contributed by atoms with Crippen LogP contribution in [0.4, 0.5) is 4.79 Å². The zero-order chi connectivity index (χ0) is 10.6. The van der Waals surface area contributed by atoms with E-state index < -0.39 is 12.0 Å². The Morgan fingerprint density at radius 2 is 2.07 bits per heavy atom. The molecule has 0 saturated carbocycles. The molecule has 1 saturated heterocycles. The second kappa shape index (κ2) is 4.83. The van der Waals surface area contributed by atoms with E-state index in [1.807, 2.05) is 0 Å². The molecule has 1 rings (SSSR count). The maximum Gasteiger partial charge on any atom is 0.314 e. The number of carboxylic acids is 1. The van der Waals surface area contributed by atoms with Gasteiger partial charge in [0.1, 0.15) is 0 Å². The monoisotopic (exact) mass is 200 g/mol. The number of likely N-dealkylation sites (tertiary alicyclic amines) is 1. The number of rotatable bonds is 2. The van der Waals surface area contributed by atoms with E-state index in [9.17, 15) is 9.59 Å². The van der Waals surface area contributed by atoms with E-state index in [2.05, 4.69) is 0 Å². The summed E-state index contributed by atoms with van der Waals surface area (Å²) in [5.74, 6) is -0.570. The molecule has 0 aliphatic carbocycles. The lowest BCUT2D eigenvalue weighted by Gasteiger charge is -2.17. The highest BCUT2D eigenvalue weighted by atomic mass is 16.4. The summed E-state index contributed by atoms with van der Waals surface area (Å²) in [5, 5.41) is 8.63. The summed E-state index contributed by atoms with van der Waals surface area (Å²) in [5.41, 5.74) is 5.15. The number of carbonyl (C=O) groups is 2. The van der Waals surface area contributed by atoms with Crippen molar-refractivity contribution in [3.63, 3.8) is 0 Å². The van der Waals surface area contributed by atoms with Crippen LogP contribution in [0.25, 0.3) is 0 Å². The first-order valence-electron chi connectivity index (χ1n) is 4.85. The third-order valence-corrected chi connectivity index (χ3v) is 2.62. The van der Waals surface area contributed by atoms with Gasteiger partial charge in [0.05, 0.1) is 0 Å². The van der Waals surface area contributed by atoms with Gasteiger partial charge >= 0.3 is 12.0 Å². The first-order chi connectivity index (χ1) is 6.59. The predicted molar refractivity (Wildman–Crippen MR) is 50.8 cm³/mol. The average Bonchev–Trinajstić information content (AvgIpc) is 2.28. The molecular formula is C9H16N2O3. The summed E-state index contributed by atoms with van der Waals surface area (Å²) >= 11 is 0. The number of nitrogens with zero attached hydrogens (tertiary/aromatic N) is 1. The fraction of sp³-hybridized carbons (Fsp3) is 0.778. The fourth-order valence-electron chi connectivity index (χ4n) is 1.84. The summed E-state index contributed by atoms with van der Waals surface area (Å²) in [6, 6.07) is -0.402. The Balaban J connectivity index is 2.40. The Morgan fingerprint density at radius 3 is 2.64 bits per heavy atom. The average molecular weight is 200 g/mol. The van der Waals surface area contributed by atoms with Crippen molar-refractivity contribution in [3.8, 4) is 0 Å². The van der Waals surface area contributed by atoms with E-state index in [4.69, 9.17) is 10.8 Å². The van der Waals surface area contributed by atoms with Crippen molar-refractivity contribution in [3.05, 3.63) is 0 Å². The molecule has 3 N–H and O–H groups in total. The van der Waals surface area contributed by atoms with Crippen molar-refractivity contribution in [2.75, 3.05) is 13.1 Å². The van der Waals surface area contributed by atoms with Crippen LogP contribution in [-0.4, -0.2) is 35.1 Å². The molecule has 0 aromatic heterocycles. The predicted octanol–water partition coefficient (Wildman–Crippen LogP) is 0.642. The lowest BCUT2D eigenvalue weighted by molar-refractivity contribution is -0.138. The summed E-state index contributed by atoms with van der Waals surface area (Å²) < 4.78 is 0. The van der Waals surface area contributed by atoms with E-state index in [0.717, 1.165) is 19.3 Å². The van der Waals surface area contributed by atoms with E-state index in [1.165, 1.54) is 0 Å². The Bertz CT molecular complexity index is 230. The van der Waals surface area contributed by atoms with E-state index in [-0.39, 0.29) is 12.3 Å². The molecule has 0 radical (unpaired) electrons. The Morgan fingerprint density at radius 1 is 1.36 bits per heavy atom. The lowest BCUT2D eigenvalue weighted by Crippen LogP contribution is -2.36. The summed E-state index contributed by atoms with van der Waals surface area (Å²) in [6.07, 6.45) is 2.67. The molecule has 1 aliphatic rings. The van der Waals surface area contributed by atoms with Crippen molar-refractivity contribution in [1.29, 1.82) is 0 Å². The molecule has 5 nitrogen and oxygen atoms in total. The van der Waals surface area contributed by atoms with Gasteiger partial charge in [-0.3, -0.25) is 4.79 Å². The Labute approximate surface area is 82.9 Å². The van der Waals surface area contributed by atoms with Crippen molar-refractivity contribution in [1.82, 2.24) is 4.90 Å². The molecule has 0 aromatic carbocycles. The molecule has 1 atom stereocenters. The van der Waals surface area contributed by atoms with Crippen LogP contribution in [0.5, 0.6) is 0 Å². The zero-order valence-electron chi connectivity index (χ0n) is 8.11. The SMILES string of the molecule is NC(=O)N1CCCC(CC(=O)O)CC1. The van der Waals surface area contributed by atoms with Gasteiger partial charge in [-0.1, -0.05) is 0 Å². The van der Waals surface area contributed by atoms with Gasteiger partial charge < -0.3 is 15.7 Å². The van der Waals surface area contributed by atoms with Gasteiger partial charge in [-0.15, -0.1) is 0 Å². The van der Waals surface area contributed by atoms with Crippen LogP contribution in [0, 0.1) is 5.92 Å². The largest absolute Gasteiger partial charge is 0.481 e. The van der Waals surface area contributed by atoms with Gasteiger partial charge in [0.25, 0.3) is 0 Å². The number of primary amides is 1. The number of hydrogen-bond acceptors (Lipinski definition) is 2. The van der Waals surface area contributed by atoms with Crippen LogP contribution < -0.4 is 5.73 Å². The topological polar surface area (TPSA) is 83.6 Å². The number of nitrogens with two attached hydrogens (primary N) is 1. The van der Waals surface area contributed by atoms with Crippen molar-refractivity contribution in [2.45, 2.75) is 25.7 Å². The highest BCUT2D eigenvalue weighted by Crippen LogP contribution is 2.20. The van der Waals surface area contributed by atoms with Crippen LogP contribution in [0.15, 0.2) is 0 Å². The van der Waals surface area contributed by atoms with Crippen LogP contribution in [-0.2, 0) is 4.79 Å². The third-order valence-electron chi connectivity index (χ3n) is 2.62. The Kier molecular flexibility index (Phi) is 3.73. The minimum atomic E-state index is -0.762. The van der Waals surface area contributed by atoms with Gasteiger partial charge in [-0.05, 0) is 25.2 Å². The molecular weight excluding hydrogens is 184 g/mol. The minimum Gasteiger partial charge on any atom is -0.481 e. The van der Waals surface area contributed by atoms with Crippen LogP contribution in [0.3, 0.4) is 0 Å². The molecule has 0 aromatic rings. The molecule has 80 valence electrons. The molecule has 1 heterocycles. The first-order valence-corrected chi connectivity index (χ1v) is 4.85. The molecule has 2 amide bonds. The second-order valence-electron chi connectivity index (χ2n) is 3.72. The molecule has 1 fully saturated rings. The normalized spacial score (nSPS) is 22.9. The lowest BCUT2D eigenvalue weighted by atomic mass is 9.97. The zero-order valence-corrected chi connectivity index (χ0v) is 8.11. The van der Waals surface area contributed by atoms with Crippen molar-refractivity contribution >= 4 is 12.0 Å². The van der Waals surface area contributed by atoms with E-state index in [1.54, 1.807) is 4.90 Å². The van der Waals surface area contributed by atoms with Crippen molar-refractivity contribution < 1.29 is 14.7 Å². The minimum absolute atomic E-state index is 0.192. The highest BCUT2D eigenvalue weighted by molar-refractivity contribution is 5.72. The standard InChI is InChI=1S/C9H16N2O3/c10-9(14)11-4-1-2-7(3-5-11)6-8(12)13/h7H,1-6H2,(H2,10,14)(H,12,13). The number of urea groups is 1. The molecule has 0 bridgehead atoms. The number of carboxylic acid groups (broad SMARTS) is 1. The number of carbonyl (C=O) groups excluding carboxylic acids is 1. The first kappa shape index (κ1) is 10.8. The fourth-order valence-corrected chi connectivity index (χ4v) is 1.84. The van der Waals surface area contributed by atoms with Crippen molar-refractivity contribution in [2.24, 2.45) is 11.7 Å². The number of amides is 2. The smallest absolute Gasteiger partial charge is 0.314 e. The van der Waals surface area contributed by atoms with E-state index in [0.29, 0.717) is 13.1 Å². The van der Waals surface area contributed by atoms with Gasteiger partial charge in [-0.2, -0.15) is 0 Å². The molecule has 5 heteroatoms. The van der Waals surface area contributed by atoms with Gasteiger partial charge in [0.2, 0.25) is 0 Å². The van der Waals surface area contributed by atoms with E-state index >= 15 is 0 Å². The second-order valence-corrected chi connectivity index (χ2v) is 3.72. The van der Waals surface area contributed by atoms with Crippen LogP contribution in [0.2, 0.25) is 0 Å². The van der Waals surface area contributed by atoms with Gasteiger partial charge in [0.15, 0.2) is 0 Å². The van der Waals surface area contributed by atoms with Gasteiger partial charge in [-0.25, -0.2) is 4.79 Å².